The monoisotopic (exact) mass is 519 g/mol. The fraction of sp³-hybridized carbons (Fsp3) is 0.273. The Labute approximate surface area is 229 Å². The molecule has 1 aliphatic heterocycles. The summed E-state index contributed by atoms with van der Waals surface area (Å²) in [5.74, 6) is 0.902. The first-order chi connectivity index (χ1) is 18.3. The van der Waals surface area contributed by atoms with Gasteiger partial charge in [0.05, 0.1) is 23.2 Å². The van der Waals surface area contributed by atoms with Crippen LogP contribution in [0.5, 0.6) is 0 Å². The maximum absolute atomic E-state index is 13.6. The number of carbonyl (C=O) groups excluding carboxylic acids is 1. The number of ketones is 1. The van der Waals surface area contributed by atoms with Crippen molar-refractivity contribution in [2.24, 2.45) is 5.73 Å². The van der Waals surface area contributed by atoms with Crippen molar-refractivity contribution < 1.29 is 4.79 Å². The number of anilines is 1. The predicted octanol–water partition coefficient (Wildman–Crippen LogP) is 7.52. The molecule has 0 saturated heterocycles. The highest BCUT2D eigenvalue weighted by Crippen LogP contribution is 2.48. The van der Waals surface area contributed by atoms with Gasteiger partial charge in [-0.2, -0.15) is 5.26 Å². The number of para-hydroxylation sites is 1. The topological polar surface area (TPSA) is 70.1 Å². The second kappa shape index (κ2) is 10.6. The van der Waals surface area contributed by atoms with Crippen molar-refractivity contribution in [1.82, 2.24) is 0 Å². The van der Waals surface area contributed by atoms with Crippen molar-refractivity contribution in [3.8, 4) is 6.07 Å². The van der Waals surface area contributed by atoms with E-state index in [1.807, 2.05) is 36.1 Å². The molecule has 0 fully saturated rings. The summed E-state index contributed by atoms with van der Waals surface area (Å²) in [5, 5.41) is 10.4. The Kier molecular flexibility index (Phi) is 7.19. The normalized spacial score (nSPS) is 17.5. The Bertz CT molecular complexity index is 1520. The van der Waals surface area contributed by atoms with Gasteiger partial charge in [0, 0.05) is 28.3 Å². The van der Waals surface area contributed by atoms with Crippen LogP contribution in [0.4, 0.5) is 5.69 Å². The molecule has 0 radical (unpaired) electrons. The Morgan fingerprint density at radius 2 is 1.71 bits per heavy atom. The van der Waals surface area contributed by atoms with Crippen LogP contribution in [0.3, 0.4) is 0 Å². The first-order valence-electron chi connectivity index (χ1n) is 13.1. The van der Waals surface area contributed by atoms with E-state index in [1.54, 1.807) is 11.8 Å². The van der Waals surface area contributed by atoms with Crippen LogP contribution < -0.4 is 10.6 Å². The number of aryl methyl sites for hydroxylation is 4. The van der Waals surface area contributed by atoms with Gasteiger partial charge in [-0.25, -0.2) is 0 Å². The molecule has 2 N–H and O–H groups in total. The van der Waals surface area contributed by atoms with Gasteiger partial charge in [0.2, 0.25) is 0 Å². The van der Waals surface area contributed by atoms with E-state index in [1.165, 1.54) is 21.6 Å². The van der Waals surface area contributed by atoms with Crippen LogP contribution in [-0.4, -0.2) is 5.78 Å². The lowest BCUT2D eigenvalue weighted by Gasteiger charge is -2.40. The molecule has 0 aromatic heterocycles. The van der Waals surface area contributed by atoms with Gasteiger partial charge < -0.3 is 5.73 Å². The van der Waals surface area contributed by atoms with Gasteiger partial charge in [-0.1, -0.05) is 48.0 Å². The van der Waals surface area contributed by atoms with Crippen LogP contribution in [0.2, 0.25) is 0 Å². The third-order valence-electron chi connectivity index (χ3n) is 7.72. The van der Waals surface area contributed by atoms with Gasteiger partial charge in [0.1, 0.15) is 5.82 Å². The SMILES string of the molecule is Cc1ccc(SCc2cc(C3C(C#N)=C(N)N(c4ccccc4C)C4=C3C(=O)CCC4)c(C)cc2C)cc1. The van der Waals surface area contributed by atoms with Crippen molar-refractivity contribution in [1.29, 1.82) is 5.26 Å². The molecule has 1 aliphatic carbocycles. The lowest BCUT2D eigenvalue weighted by atomic mass is 9.74. The van der Waals surface area contributed by atoms with E-state index in [4.69, 9.17) is 5.73 Å². The van der Waals surface area contributed by atoms with Gasteiger partial charge in [-0.15, -0.1) is 11.8 Å². The highest BCUT2D eigenvalue weighted by atomic mass is 32.2. The number of benzene rings is 3. The lowest BCUT2D eigenvalue weighted by molar-refractivity contribution is -0.116. The van der Waals surface area contributed by atoms with Gasteiger partial charge >= 0.3 is 0 Å². The van der Waals surface area contributed by atoms with Crippen molar-refractivity contribution in [2.45, 2.75) is 63.5 Å². The molecule has 1 heterocycles. The zero-order chi connectivity index (χ0) is 27.0. The Morgan fingerprint density at radius 1 is 0.974 bits per heavy atom. The van der Waals surface area contributed by atoms with Gasteiger partial charge in [0.15, 0.2) is 5.78 Å². The number of nitrogens with two attached hydrogens (primary N) is 1. The number of allylic oxidation sites excluding steroid dienone is 3. The molecule has 38 heavy (non-hydrogen) atoms. The number of Topliss-reactive ketones (excluding diaryl/α,β-unsaturated/α-hetero) is 1. The van der Waals surface area contributed by atoms with Crippen molar-refractivity contribution in [2.75, 3.05) is 4.90 Å². The third-order valence-corrected chi connectivity index (χ3v) is 8.78. The largest absolute Gasteiger partial charge is 0.384 e. The quantitative estimate of drug-likeness (QED) is 0.353. The van der Waals surface area contributed by atoms with Crippen LogP contribution >= 0.6 is 11.8 Å². The average Bonchev–Trinajstić information content (AvgIpc) is 2.89. The number of nitriles is 1. The summed E-state index contributed by atoms with van der Waals surface area (Å²) in [6.07, 6.45) is 2.04. The summed E-state index contributed by atoms with van der Waals surface area (Å²) in [7, 11) is 0. The predicted molar refractivity (Wildman–Crippen MR) is 156 cm³/mol. The Balaban J connectivity index is 1.63. The molecular weight excluding hydrogens is 486 g/mol. The summed E-state index contributed by atoms with van der Waals surface area (Å²) in [5.41, 5.74) is 16.7. The zero-order valence-electron chi connectivity index (χ0n) is 22.5. The lowest BCUT2D eigenvalue weighted by Crippen LogP contribution is -2.39. The smallest absolute Gasteiger partial charge is 0.161 e. The van der Waals surface area contributed by atoms with Crippen LogP contribution in [0.1, 0.15) is 58.6 Å². The maximum Gasteiger partial charge on any atom is 0.161 e. The molecule has 192 valence electrons. The van der Waals surface area contributed by atoms with Crippen LogP contribution in [0, 0.1) is 39.0 Å². The number of nitrogens with zero attached hydrogens (tertiary/aromatic N) is 2. The summed E-state index contributed by atoms with van der Waals surface area (Å²) < 4.78 is 0. The molecule has 3 aromatic rings. The molecule has 3 aromatic carbocycles. The summed E-state index contributed by atoms with van der Waals surface area (Å²) in [4.78, 5) is 16.8. The second-order valence-corrected chi connectivity index (χ2v) is 11.4. The Hall–Kier alpha value is -3.75. The van der Waals surface area contributed by atoms with E-state index in [0.29, 0.717) is 17.8 Å². The molecule has 0 amide bonds. The van der Waals surface area contributed by atoms with E-state index in [0.717, 1.165) is 52.2 Å². The molecule has 2 aliphatic rings. The van der Waals surface area contributed by atoms with E-state index in [9.17, 15) is 10.1 Å². The maximum atomic E-state index is 13.6. The summed E-state index contributed by atoms with van der Waals surface area (Å²) in [6.45, 7) is 8.34. The molecule has 5 rings (SSSR count). The third kappa shape index (κ3) is 4.66. The molecule has 1 unspecified atom stereocenters. The minimum absolute atomic E-state index is 0.116. The fourth-order valence-electron chi connectivity index (χ4n) is 5.67. The number of hydrogen-bond acceptors (Lipinski definition) is 5. The van der Waals surface area contributed by atoms with E-state index in [2.05, 4.69) is 63.2 Å². The zero-order valence-corrected chi connectivity index (χ0v) is 23.3. The van der Waals surface area contributed by atoms with Crippen molar-refractivity contribution in [3.63, 3.8) is 0 Å². The first kappa shape index (κ1) is 25.9. The minimum atomic E-state index is -0.452. The van der Waals surface area contributed by atoms with Gasteiger partial charge in [-0.05, 0) is 86.6 Å². The molecule has 4 nitrogen and oxygen atoms in total. The molecule has 1 atom stereocenters. The first-order valence-corrected chi connectivity index (χ1v) is 14.1. The molecular formula is C33H33N3OS. The second-order valence-electron chi connectivity index (χ2n) is 10.3. The summed E-state index contributed by atoms with van der Waals surface area (Å²) in [6, 6.07) is 23.4. The molecule has 5 heteroatoms. The molecule has 0 spiro atoms. The number of rotatable bonds is 5. The number of carbonyl (C=O) groups is 1. The van der Waals surface area contributed by atoms with E-state index in [-0.39, 0.29) is 5.78 Å². The van der Waals surface area contributed by atoms with Crippen LogP contribution in [0.25, 0.3) is 0 Å². The van der Waals surface area contributed by atoms with Crippen molar-refractivity contribution >= 4 is 23.2 Å². The number of hydrogen-bond donors (Lipinski definition) is 1. The fourth-order valence-corrected chi connectivity index (χ4v) is 6.63. The van der Waals surface area contributed by atoms with Gasteiger partial charge in [0.25, 0.3) is 0 Å². The summed E-state index contributed by atoms with van der Waals surface area (Å²) >= 11 is 1.80. The number of thioether (sulfide) groups is 1. The molecule has 0 bridgehead atoms. The van der Waals surface area contributed by atoms with E-state index >= 15 is 0 Å². The highest BCUT2D eigenvalue weighted by molar-refractivity contribution is 7.98. The van der Waals surface area contributed by atoms with Crippen LogP contribution in [0.15, 0.2) is 88.2 Å². The van der Waals surface area contributed by atoms with Crippen LogP contribution in [-0.2, 0) is 10.5 Å². The van der Waals surface area contributed by atoms with Crippen molar-refractivity contribution in [3.05, 3.63) is 117 Å². The van der Waals surface area contributed by atoms with E-state index < -0.39 is 5.92 Å². The molecule has 0 saturated carbocycles. The Morgan fingerprint density at radius 3 is 2.42 bits per heavy atom. The minimum Gasteiger partial charge on any atom is -0.384 e. The highest BCUT2D eigenvalue weighted by Gasteiger charge is 2.41. The van der Waals surface area contributed by atoms with Gasteiger partial charge in [-0.3, -0.25) is 9.69 Å². The average molecular weight is 520 g/mol. The standard InChI is InChI=1S/C33H33N3OS/c1-20-12-14-25(15-13-20)38-19-24-17-26(23(4)16-22(24)3)31-27(18-34)33(35)36(28-9-6-5-8-21(28)2)29-10-7-11-30(37)32(29)31/h5-6,8-9,12-17,31H,7,10-11,19,35H2,1-4H3.